The van der Waals surface area contributed by atoms with Gasteiger partial charge in [0, 0.05) is 6.07 Å². The second kappa shape index (κ2) is 8.18. The lowest BCUT2D eigenvalue weighted by Gasteiger charge is -2.17. The number of carbonyl (C=O) groups is 1. The van der Waals surface area contributed by atoms with E-state index in [9.17, 15) is 4.79 Å². The minimum Gasteiger partial charge on any atom is -0.462 e. The summed E-state index contributed by atoms with van der Waals surface area (Å²) in [5, 5.41) is 1.99. The van der Waals surface area contributed by atoms with E-state index in [1.807, 2.05) is 17.5 Å². The van der Waals surface area contributed by atoms with Crippen LogP contribution in [0.15, 0.2) is 34.1 Å². The van der Waals surface area contributed by atoms with Crippen molar-refractivity contribution in [2.75, 3.05) is 6.61 Å². The Morgan fingerprint density at radius 2 is 1.91 bits per heavy atom. The second-order valence-corrected chi connectivity index (χ2v) is 5.55. The van der Waals surface area contributed by atoms with Gasteiger partial charge in [-0.2, -0.15) is 0 Å². The van der Waals surface area contributed by atoms with E-state index < -0.39 is 10.2 Å². The highest BCUT2D eigenvalue weighted by molar-refractivity contribution is 7.13. The molecule has 2 aromatic heterocycles. The van der Waals surface area contributed by atoms with Crippen molar-refractivity contribution in [1.29, 1.82) is 0 Å². The fraction of sp³-hybridized carbons (Fsp3) is 0.231. The molecule has 0 aromatic carbocycles. The van der Waals surface area contributed by atoms with Crippen LogP contribution in [0, 0.1) is 17.2 Å². The van der Waals surface area contributed by atoms with E-state index in [1.165, 1.54) is 0 Å². The van der Waals surface area contributed by atoms with Gasteiger partial charge in [0.2, 0.25) is 0 Å². The van der Waals surface area contributed by atoms with Crippen LogP contribution in [-0.2, 0) is 4.74 Å². The van der Waals surface area contributed by atoms with Gasteiger partial charge in [-0.3, -0.25) is 0 Å². The van der Waals surface area contributed by atoms with Crippen LogP contribution in [-0.4, -0.2) is 12.6 Å². The second-order valence-electron chi connectivity index (χ2n) is 3.85. The summed E-state index contributed by atoms with van der Waals surface area (Å²) in [7, 11) is -4.94. The molecule has 0 amide bonds. The Kier molecular flexibility index (Phi) is 6.88. The summed E-state index contributed by atoms with van der Waals surface area (Å²) in [4.78, 5) is 12.6. The van der Waals surface area contributed by atoms with Crippen LogP contribution in [0.4, 0.5) is 0 Å². The molecular formula is C13H13ClO7S. The molecule has 0 spiro atoms. The lowest BCUT2D eigenvalue weighted by Crippen LogP contribution is -2.68. The zero-order valence-corrected chi connectivity index (χ0v) is 13.3. The molecule has 0 radical (unpaired) electrons. The van der Waals surface area contributed by atoms with Crippen molar-refractivity contribution >= 4 is 17.3 Å². The minimum atomic E-state index is -4.94. The molecular weight excluding hydrogens is 336 g/mol. The van der Waals surface area contributed by atoms with E-state index in [0.29, 0.717) is 17.9 Å². The van der Waals surface area contributed by atoms with E-state index in [4.69, 9.17) is 27.8 Å². The van der Waals surface area contributed by atoms with E-state index in [1.54, 1.807) is 37.3 Å². The first-order chi connectivity index (χ1) is 10.2. The highest BCUT2D eigenvalue weighted by Gasteiger charge is 2.22. The molecule has 9 heteroatoms. The summed E-state index contributed by atoms with van der Waals surface area (Å²) in [6.45, 7) is 3.92. The highest BCUT2D eigenvalue weighted by Crippen LogP contribution is 2.26. The number of hydrogen-bond donors (Lipinski definition) is 0. The Bertz CT molecular complexity index is 601. The van der Waals surface area contributed by atoms with Crippen molar-refractivity contribution in [2.45, 2.75) is 13.8 Å². The standard InChI is InChI=1S/C13H13O3S.ClHO4/c1-3-15-13(14)10-6-7-11(16-9(10)2)12-5-4-8-17-12;2-1(3,4)5/h4-8H,3H2,1-2H3;(H,2,3,4,5)/q+1;/p-1. The summed E-state index contributed by atoms with van der Waals surface area (Å²) in [5.74, 6) is 1.01. The number of esters is 1. The van der Waals surface area contributed by atoms with Gasteiger partial charge in [-0.1, -0.05) is 6.07 Å². The normalized spacial score (nSPS) is 10.6. The highest BCUT2D eigenvalue weighted by atomic mass is 35.7. The Balaban J connectivity index is 0.000000422. The molecule has 22 heavy (non-hydrogen) atoms. The number of aryl methyl sites for hydroxylation is 1. The maximum absolute atomic E-state index is 11.6. The molecule has 2 aromatic rings. The monoisotopic (exact) mass is 348 g/mol. The van der Waals surface area contributed by atoms with Gasteiger partial charge in [-0.15, -0.1) is 21.6 Å². The Morgan fingerprint density at radius 3 is 2.36 bits per heavy atom. The molecule has 0 aliphatic rings. The minimum absolute atomic E-state index is 0.341. The first kappa shape index (κ1) is 18.5. The number of halogens is 1. The first-order valence-corrected chi connectivity index (χ1v) is 8.10. The Morgan fingerprint density at radius 1 is 1.27 bits per heavy atom. The molecule has 2 rings (SSSR count). The average Bonchev–Trinajstić information content (AvgIpc) is 2.90. The van der Waals surface area contributed by atoms with Gasteiger partial charge in [-0.05, 0) is 24.4 Å². The zero-order valence-electron chi connectivity index (χ0n) is 11.7. The fourth-order valence-electron chi connectivity index (χ4n) is 1.50. The number of hydrogen-bond acceptors (Lipinski definition) is 7. The van der Waals surface area contributed by atoms with Crippen LogP contribution < -0.4 is 18.6 Å². The third-order valence-electron chi connectivity index (χ3n) is 2.30. The Labute approximate surface area is 132 Å². The molecule has 120 valence electrons. The van der Waals surface area contributed by atoms with Gasteiger partial charge in [0.25, 0.3) is 0 Å². The van der Waals surface area contributed by atoms with Crippen LogP contribution in [0.3, 0.4) is 0 Å². The molecule has 0 bridgehead atoms. The van der Waals surface area contributed by atoms with Crippen molar-refractivity contribution in [3.05, 3.63) is 41.0 Å². The molecule has 0 saturated carbocycles. The van der Waals surface area contributed by atoms with Gasteiger partial charge in [0.1, 0.15) is 4.88 Å². The van der Waals surface area contributed by atoms with Crippen LogP contribution in [0.2, 0.25) is 0 Å². The molecule has 7 nitrogen and oxygen atoms in total. The molecule has 2 heterocycles. The van der Waals surface area contributed by atoms with E-state index >= 15 is 0 Å². The van der Waals surface area contributed by atoms with Crippen LogP contribution in [0.25, 0.3) is 10.6 Å². The number of thiophene rings is 1. The van der Waals surface area contributed by atoms with Gasteiger partial charge in [0.05, 0.1) is 13.5 Å². The number of ether oxygens (including phenoxy) is 1. The average molecular weight is 349 g/mol. The first-order valence-electron chi connectivity index (χ1n) is 5.99. The van der Waals surface area contributed by atoms with Gasteiger partial charge in [-0.25, -0.2) is 27.8 Å². The fourth-order valence-corrected chi connectivity index (χ4v) is 2.19. The third-order valence-corrected chi connectivity index (χ3v) is 3.19. The quantitative estimate of drug-likeness (QED) is 0.514. The Hall–Kier alpha value is -1.55. The molecule has 0 N–H and O–H groups in total. The van der Waals surface area contributed by atoms with Gasteiger partial charge < -0.3 is 4.74 Å². The number of carbonyl (C=O) groups excluding carboxylic acids is 1. The van der Waals surface area contributed by atoms with Crippen molar-refractivity contribution in [1.82, 2.24) is 0 Å². The lowest BCUT2D eigenvalue weighted by atomic mass is 10.2. The lowest BCUT2D eigenvalue weighted by molar-refractivity contribution is -2.00. The maximum atomic E-state index is 11.6. The zero-order chi connectivity index (χ0) is 16.8. The molecule has 0 aliphatic heterocycles. The van der Waals surface area contributed by atoms with Crippen molar-refractivity contribution < 1.29 is 42.8 Å². The maximum Gasteiger partial charge on any atom is 0.370 e. The van der Waals surface area contributed by atoms with Crippen LogP contribution in [0.5, 0.6) is 0 Å². The summed E-state index contributed by atoms with van der Waals surface area (Å²) in [6, 6.07) is 7.48. The molecule has 0 atom stereocenters. The van der Waals surface area contributed by atoms with E-state index in [-0.39, 0.29) is 5.97 Å². The topological polar surface area (TPSA) is 130 Å². The summed E-state index contributed by atoms with van der Waals surface area (Å²) < 4.78 is 44.5. The predicted octanol–water partition coefficient (Wildman–Crippen LogP) is -0.982. The largest absolute Gasteiger partial charge is 0.462 e. The third kappa shape index (κ3) is 6.48. The van der Waals surface area contributed by atoms with Gasteiger partial charge >= 0.3 is 17.5 Å². The molecule has 0 saturated heterocycles. The molecule has 0 fully saturated rings. The van der Waals surface area contributed by atoms with Gasteiger partial charge in [0.15, 0.2) is 5.56 Å². The van der Waals surface area contributed by atoms with E-state index in [0.717, 1.165) is 10.6 Å². The summed E-state index contributed by atoms with van der Waals surface area (Å²) in [5.41, 5.74) is 0.479. The van der Waals surface area contributed by atoms with Crippen molar-refractivity contribution in [3.63, 3.8) is 0 Å². The summed E-state index contributed by atoms with van der Waals surface area (Å²) >= 11 is 1.60. The SMILES string of the molecule is CCOC(=O)c1ccc(-c2cccs2)[o+]c1C.[O-][Cl+3]([O-])([O-])[O-]. The van der Waals surface area contributed by atoms with Crippen LogP contribution >= 0.6 is 11.3 Å². The molecule has 0 aliphatic carbocycles. The van der Waals surface area contributed by atoms with Crippen LogP contribution in [0.1, 0.15) is 23.0 Å². The van der Waals surface area contributed by atoms with E-state index in [2.05, 4.69) is 0 Å². The predicted molar refractivity (Wildman–Crippen MR) is 67.1 cm³/mol. The summed E-state index contributed by atoms with van der Waals surface area (Å²) in [6.07, 6.45) is 0. The molecule has 0 unspecified atom stereocenters. The van der Waals surface area contributed by atoms with Crippen molar-refractivity contribution in [2.24, 2.45) is 0 Å². The number of rotatable bonds is 3. The van der Waals surface area contributed by atoms with Crippen molar-refractivity contribution in [3.8, 4) is 10.6 Å². The smallest absolute Gasteiger partial charge is 0.370 e.